The average molecular weight is 599 g/mol. The molecule has 2 aromatic carbocycles. The highest BCUT2D eigenvalue weighted by Gasteiger charge is 2.30. The van der Waals surface area contributed by atoms with Gasteiger partial charge in [-0.25, -0.2) is 4.79 Å². The number of carbonyl (C=O) groups is 4. The number of ketones is 1. The lowest BCUT2D eigenvalue weighted by molar-refractivity contribution is -0.144. The minimum Gasteiger partial charge on any atom is -0.481 e. The number of ether oxygens (including phenoxy) is 1. The molecule has 1 aliphatic rings. The number of hydrogen-bond acceptors (Lipinski definition) is 5. The second-order valence-corrected chi connectivity index (χ2v) is 12.9. The largest absolute Gasteiger partial charge is 0.481 e. The molecule has 0 radical (unpaired) electrons. The van der Waals surface area contributed by atoms with E-state index >= 15 is 0 Å². The number of carboxylic acids is 1. The number of amides is 2. The van der Waals surface area contributed by atoms with Crippen LogP contribution in [0.3, 0.4) is 0 Å². The summed E-state index contributed by atoms with van der Waals surface area (Å²) in [6.45, 7) is 9.73. The summed E-state index contributed by atoms with van der Waals surface area (Å²) in [6, 6.07) is 12.6. The van der Waals surface area contributed by atoms with E-state index in [0.29, 0.717) is 30.0 Å². The summed E-state index contributed by atoms with van der Waals surface area (Å²) in [6.07, 6.45) is 2.80. The lowest BCUT2D eigenvalue weighted by Crippen LogP contribution is -2.36. The van der Waals surface area contributed by atoms with Crippen LogP contribution in [0.4, 0.5) is 4.79 Å². The minimum absolute atomic E-state index is 0.00565. The number of hydrogen-bond donors (Lipinski definition) is 3. The zero-order valence-electron chi connectivity index (χ0n) is 25.2. The van der Waals surface area contributed by atoms with Crippen LogP contribution >= 0.6 is 11.6 Å². The fraction of sp³-hybridized carbons (Fsp3) is 0.515. The van der Waals surface area contributed by atoms with Crippen LogP contribution in [0.15, 0.2) is 42.5 Å². The van der Waals surface area contributed by atoms with Crippen molar-refractivity contribution in [1.29, 1.82) is 0 Å². The van der Waals surface area contributed by atoms with E-state index in [1.54, 1.807) is 18.2 Å². The Bertz CT molecular complexity index is 1260. The van der Waals surface area contributed by atoms with Gasteiger partial charge >= 0.3 is 12.1 Å². The Labute approximate surface area is 253 Å². The van der Waals surface area contributed by atoms with Gasteiger partial charge in [-0.1, -0.05) is 41.9 Å². The first-order valence-corrected chi connectivity index (χ1v) is 15.0. The van der Waals surface area contributed by atoms with Gasteiger partial charge in [0, 0.05) is 41.1 Å². The Morgan fingerprint density at radius 3 is 2.19 bits per heavy atom. The number of Topliss-reactive ketones (excluding diaryl/α,β-unsaturated/α-hetero) is 1. The normalized spacial score (nSPS) is 17.8. The van der Waals surface area contributed by atoms with Gasteiger partial charge in [0.1, 0.15) is 11.4 Å². The van der Waals surface area contributed by atoms with Crippen molar-refractivity contribution in [2.75, 3.05) is 6.54 Å². The summed E-state index contributed by atoms with van der Waals surface area (Å²) in [5, 5.41) is 16.0. The smallest absolute Gasteiger partial charge is 0.407 e. The van der Waals surface area contributed by atoms with Gasteiger partial charge in [-0.15, -0.1) is 0 Å². The van der Waals surface area contributed by atoms with Crippen LogP contribution < -0.4 is 10.6 Å². The molecule has 42 heavy (non-hydrogen) atoms. The quantitative estimate of drug-likeness (QED) is 0.265. The predicted octanol–water partition coefficient (Wildman–Crippen LogP) is 6.68. The summed E-state index contributed by atoms with van der Waals surface area (Å²) in [5.74, 6) is -1.87. The number of carboxylic acid groups (broad SMARTS) is 1. The van der Waals surface area contributed by atoms with Crippen molar-refractivity contribution in [1.82, 2.24) is 10.6 Å². The Kier molecular flexibility index (Phi) is 11.6. The zero-order valence-corrected chi connectivity index (χ0v) is 25.9. The van der Waals surface area contributed by atoms with Crippen LogP contribution in [0.25, 0.3) is 11.1 Å². The first-order chi connectivity index (χ1) is 19.7. The number of benzene rings is 2. The van der Waals surface area contributed by atoms with E-state index in [0.717, 1.165) is 29.5 Å². The van der Waals surface area contributed by atoms with Crippen molar-refractivity contribution in [2.24, 2.45) is 17.8 Å². The predicted molar refractivity (Wildman–Crippen MR) is 164 cm³/mol. The Morgan fingerprint density at radius 2 is 1.64 bits per heavy atom. The number of rotatable bonds is 11. The van der Waals surface area contributed by atoms with Crippen molar-refractivity contribution in [2.45, 2.75) is 84.8 Å². The number of carbonyl (C=O) groups excluding carboxylic acids is 3. The van der Waals surface area contributed by atoms with Gasteiger partial charge in [-0.05, 0) is 95.9 Å². The molecule has 0 aromatic heterocycles. The highest BCUT2D eigenvalue weighted by atomic mass is 35.5. The maximum atomic E-state index is 13.0. The molecule has 0 heterocycles. The van der Waals surface area contributed by atoms with Gasteiger partial charge in [0.05, 0.1) is 5.92 Å². The van der Waals surface area contributed by atoms with Crippen LogP contribution in [0.2, 0.25) is 5.02 Å². The second kappa shape index (κ2) is 14.7. The third-order valence-electron chi connectivity index (χ3n) is 7.43. The fourth-order valence-corrected chi connectivity index (χ4v) is 5.52. The fourth-order valence-electron chi connectivity index (χ4n) is 5.23. The molecular formula is C33H43ClN2O6. The number of nitrogens with one attached hydrogen (secondary N) is 2. The third kappa shape index (κ3) is 10.2. The van der Waals surface area contributed by atoms with E-state index in [1.807, 2.05) is 58.9 Å². The van der Waals surface area contributed by atoms with Crippen molar-refractivity contribution in [3.63, 3.8) is 0 Å². The molecule has 228 valence electrons. The summed E-state index contributed by atoms with van der Waals surface area (Å²) in [7, 11) is 0. The maximum Gasteiger partial charge on any atom is 0.407 e. The van der Waals surface area contributed by atoms with Crippen molar-refractivity contribution in [3.8, 4) is 11.1 Å². The van der Waals surface area contributed by atoms with Crippen molar-refractivity contribution >= 4 is 35.4 Å². The molecule has 0 spiro atoms. The SMILES string of the molecule is CC(C)NC(=O)c1ccc(-c2ccc(CC(CC(=O)C3CCC(CNC(=O)OC(C)(C)C)CC3)C(=O)O)cc2)c(Cl)c1. The molecule has 3 rings (SSSR count). The molecule has 9 heteroatoms. The van der Waals surface area contributed by atoms with Gasteiger partial charge in [-0.3, -0.25) is 14.4 Å². The number of aliphatic carboxylic acids is 1. The van der Waals surface area contributed by atoms with Gasteiger partial charge in [-0.2, -0.15) is 0 Å². The maximum absolute atomic E-state index is 13.0. The topological polar surface area (TPSA) is 122 Å². The van der Waals surface area contributed by atoms with E-state index in [2.05, 4.69) is 10.6 Å². The summed E-state index contributed by atoms with van der Waals surface area (Å²) < 4.78 is 5.28. The molecule has 8 nitrogen and oxygen atoms in total. The van der Waals surface area contributed by atoms with Crippen LogP contribution in [0.5, 0.6) is 0 Å². The monoisotopic (exact) mass is 598 g/mol. The van der Waals surface area contributed by atoms with Gasteiger partial charge in [0.15, 0.2) is 0 Å². The standard InChI is InChI=1S/C33H43ClN2O6/c1-20(2)36-30(38)25-14-15-27(28(34)17-25)23-10-6-21(7-11-23)16-26(31(39)40)18-29(37)24-12-8-22(9-13-24)19-35-32(41)42-33(3,4)5/h6-7,10-11,14-15,17,20,22,24,26H,8-9,12-13,16,18-19H2,1-5H3,(H,35,41)(H,36,38)(H,39,40). The van der Waals surface area contributed by atoms with Crippen LogP contribution in [-0.4, -0.2) is 47.0 Å². The van der Waals surface area contributed by atoms with Crippen LogP contribution in [0, 0.1) is 17.8 Å². The highest BCUT2D eigenvalue weighted by molar-refractivity contribution is 6.33. The molecule has 3 N–H and O–H groups in total. The Hall–Kier alpha value is -3.39. The molecular weight excluding hydrogens is 556 g/mol. The molecule has 1 atom stereocenters. The van der Waals surface area contributed by atoms with Crippen molar-refractivity contribution < 1.29 is 29.0 Å². The molecule has 2 aromatic rings. The second-order valence-electron chi connectivity index (χ2n) is 12.5. The molecule has 0 saturated heterocycles. The molecule has 1 unspecified atom stereocenters. The van der Waals surface area contributed by atoms with E-state index in [9.17, 15) is 24.3 Å². The lowest BCUT2D eigenvalue weighted by atomic mass is 9.77. The first-order valence-electron chi connectivity index (χ1n) is 14.6. The number of halogens is 1. The molecule has 1 fully saturated rings. The number of alkyl carbamates (subject to hydrolysis) is 1. The summed E-state index contributed by atoms with van der Waals surface area (Å²) in [5.41, 5.74) is 2.37. The molecule has 2 amide bonds. The van der Waals surface area contributed by atoms with Gasteiger partial charge in [0.25, 0.3) is 5.91 Å². The zero-order chi connectivity index (χ0) is 31.0. The lowest BCUT2D eigenvalue weighted by Gasteiger charge is -2.29. The summed E-state index contributed by atoms with van der Waals surface area (Å²) >= 11 is 6.49. The minimum atomic E-state index is -0.985. The molecule has 1 saturated carbocycles. The van der Waals surface area contributed by atoms with Crippen molar-refractivity contribution in [3.05, 3.63) is 58.6 Å². The highest BCUT2D eigenvalue weighted by Crippen LogP contribution is 2.32. The van der Waals surface area contributed by atoms with E-state index in [1.165, 1.54) is 0 Å². The third-order valence-corrected chi connectivity index (χ3v) is 7.74. The van der Waals surface area contributed by atoms with Crippen LogP contribution in [-0.2, 0) is 20.7 Å². The van der Waals surface area contributed by atoms with E-state index in [-0.39, 0.29) is 42.4 Å². The van der Waals surface area contributed by atoms with E-state index < -0.39 is 23.6 Å². The summed E-state index contributed by atoms with van der Waals surface area (Å²) in [4.78, 5) is 49.3. The Balaban J connectivity index is 1.53. The first kappa shape index (κ1) is 33.1. The molecule has 0 aliphatic heterocycles. The van der Waals surface area contributed by atoms with Gasteiger partial charge < -0.3 is 20.5 Å². The van der Waals surface area contributed by atoms with E-state index in [4.69, 9.17) is 16.3 Å². The Morgan fingerprint density at radius 1 is 1.00 bits per heavy atom. The average Bonchev–Trinajstić information content (AvgIpc) is 2.91. The van der Waals surface area contributed by atoms with Crippen LogP contribution in [0.1, 0.15) is 82.6 Å². The van der Waals surface area contributed by atoms with Gasteiger partial charge in [0.2, 0.25) is 0 Å². The molecule has 1 aliphatic carbocycles. The molecule has 0 bridgehead atoms.